The molecular formula is C30H29FN4O4. The molecule has 1 aromatic heterocycles. The normalized spacial score (nSPS) is 19.1. The molecule has 1 saturated heterocycles. The van der Waals surface area contributed by atoms with Crippen LogP contribution in [0.25, 0.3) is 34.0 Å². The van der Waals surface area contributed by atoms with Gasteiger partial charge < -0.3 is 15.4 Å². The molecule has 1 aliphatic rings. The Labute approximate surface area is 225 Å². The summed E-state index contributed by atoms with van der Waals surface area (Å²) in [6.07, 6.45) is 0.305. The maximum Gasteiger partial charge on any atom is 0.319 e. The molecule has 4 aromatic rings. The van der Waals surface area contributed by atoms with Crippen LogP contribution in [0.1, 0.15) is 32.3 Å². The van der Waals surface area contributed by atoms with Gasteiger partial charge in [0, 0.05) is 35.3 Å². The first kappa shape index (κ1) is 26.2. The summed E-state index contributed by atoms with van der Waals surface area (Å²) in [5.41, 5.74) is 6.92. The number of primary amides is 1. The predicted molar refractivity (Wildman–Crippen MR) is 144 cm³/mol. The summed E-state index contributed by atoms with van der Waals surface area (Å²) in [6, 6.07) is 21.8. The molecule has 0 bridgehead atoms. The van der Waals surface area contributed by atoms with E-state index in [-0.39, 0.29) is 24.5 Å². The van der Waals surface area contributed by atoms with Crippen molar-refractivity contribution in [2.75, 3.05) is 6.54 Å². The summed E-state index contributed by atoms with van der Waals surface area (Å²) < 4.78 is 20.2. The van der Waals surface area contributed by atoms with Crippen LogP contribution in [0.3, 0.4) is 0 Å². The number of halogens is 1. The molecule has 0 spiro atoms. The molecule has 0 radical (unpaired) electrons. The maximum absolute atomic E-state index is 14.8. The summed E-state index contributed by atoms with van der Waals surface area (Å²) in [7, 11) is 0. The van der Waals surface area contributed by atoms with Crippen molar-refractivity contribution in [2.24, 2.45) is 11.1 Å². The van der Waals surface area contributed by atoms with Gasteiger partial charge in [-0.05, 0) is 49.9 Å². The second-order valence-corrected chi connectivity index (χ2v) is 10.6. The number of nitrogens with zero attached hydrogens (tertiary/aromatic N) is 3. The molecule has 0 saturated carbocycles. The molecule has 1 aliphatic heterocycles. The van der Waals surface area contributed by atoms with Crippen molar-refractivity contribution >= 4 is 11.9 Å². The summed E-state index contributed by atoms with van der Waals surface area (Å²) in [5.74, 6) is -1.73. The van der Waals surface area contributed by atoms with Gasteiger partial charge >= 0.3 is 5.97 Å². The Hall–Kier alpha value is -4.37. The molecule has 3 N–H and O–H groups in total. The third-order valence-corrected chi connectivity index (χ3v) is 7.59. The molecular weight excluding hydrogens is 499 g/mol. The van der Waals surface area contributed by atoms with E-state index >= 15 is 0 Å². The Morgan fingerprint density at radius 3 is 2.33 bits per heavy atom. The summed E-state index contributed by atoms with van der Waals surface area (Å²) in [4.78, 5) is 30.5. The van der Waals surface area contributed by atoms with Crippen molar-refractivity contribution in [3.05, 3.63) is 84.2 Å². The number of rotatable bonds is 7. The number of benzene rings is 3. The molecule has 39 heavy (non-hydrogen) atoms. The highest BCUT2D eigenvalue weighted by atomic mass is 19.1. The van der Waals surface area contributed by atoms with Gasteiger partial charge in [0.2, 0.25) is 11.7 Å². The smallest absolute Gasteiger partial charge is 0.319 e. The van der Waals surface area contributed by atoms with Crippen LogP contribution in [0.15, 0.2) is 77.3 Å². The molecule has 1 unspecified atom stereocenters. The zero-order valence-corrected chi connectivity index (χ0v) is 21.7. The van der Waals surface area contributed by atoms with Crippen molar-refractivity contribution in [2.45, 2.75) is 38.8 Å². The number of aliphatic carboxylic acids is 1. The van der Waals surface area contributed by atoms with Gasteiger partial charge in [-0.1, -0.05) is 65.8 Å². The lowest BCUT2D eigenvalue weighted by molar-refractivity contribution is -0.162. The van der Waals surface area contributed by atoms with E-state index < -0.39 is 22.8 Å². The van der Waals surface area contributed by atoms with Gasteiger partial charge in [-0.2, -0.15) is 4.98 Å². The summed E-state index contributed by atoms with van der Waals surface area (Å²) in [5, 5.41) is 13.8. The molecule has 1 atom stereocenters. The number of likely N-dealkylation sites (tertiary alicyclic amines) is 1. The Morgan fingerprint density at radius 2 is 1.72 bits per heavy atom. The first-order valence-electron chi connectivity index (χ1n) is 12.7. The summed E-state index contributed by atoms with van der Waals surface area (Å²) >= 11 is 0. The molecule has 5 rings (SSSR count). The molecule has 200 valence electrons. The van der Waals surface area contributed by atoms with E-state index in [0.717, 1.165) is 16.7 Å². The van der Waals surface area contributed by atoms with E-state index in [4.69, 9.17) is 10.3 Å². The van der Waals surface area contributed by atoms with Crippen LogP contribution in [0.2, 0.25) is 0 Å². The molecule has 9 heteroatoms. The molecule has 1 fully saturated rings. The highest BCUT2D eigenvalue weighted by molar-refractivity contribution is 6.01. The fourth-order valence-electron chi connectivity index (χ4n) is 5.30. The van der Waals surface area contributed by atoms with Gasteiger partial charge in [0.25, 0.3) is 5.89 Å². The predicted octanol–water partition coefficient (Wildman–Crippen LogP) is 5.14. The number of carboxylic acids is 1. The van der Waals surface area contributed by atoms with Crippen LogP contribution in [0.4, 0.5) is 4.39 Å². The molecule has 0 aliphatic carbocycles. The number of piperidine rings is 1. The fraction of sp³-hybridized carbons (Fsp3) is 0.267. The molecule has 8 nitrogen and oxygen atoms in total. The number of amides is 1. The SMILES string of the molecule is CC1(C)CC(C(N)=O)(C(=O)O)CCN1Cc1ccc(-c2noc(-c3ccc(-c4ccccc4)c(F)c3)n2)cc1. The third kappa shape index (κ3) is 5.05. The van der Waals surface area contributed by atoms with Crippen molar-refractivity contribution in [1.29, 1.82) is 0 Å². The van der Waals surface area contributed by atoms with Crippen LogP contribution >= 0.6 is 0 Å². The average Bonchev–Trinajstić information content (AvgIpc) is 3.41. The largest absolute Gasteiger partial charge is 0.480 e. The minimum absolute atomic E-state index is 0.140. The van der Waals surface area contributed by atoms with E-state index in [1.165, 1.54) is 6.07 Å². The van der Waals surface area contributed by atoms with Crippen LogP contribution < -0.4 is 5.73 Å². The third-order valence-electron chi connectivity index (χ3n) is 7.59. The van der Waals surface area contributed by atoms with Crippen LogP contribution in [-0.2, 0) is 16.1 Å². The first-order valence-corrected chi connectivity index (χ1v) is 12.7. The van der Waals surface area contributed by atoms with Crippen molar-refractivity contribution in [3.63, 3.8) is 0 Å². The van der Waals surface area contributed by atoms with Crippen molar-refractivity contribution in [3.8, 4) is 34.0 Å². The number of carboxylic acid groups (broad SMARTS) is 1. The van der Waals surface area contributed by atoms with Crippen LogP contribution in [-0.4, -0.2) is 44.1 Å². The number of aromatic nitrogens is 2. The zero-order chi connectivity index (χ0) is 27.8. The molecule has 1 amide bonds. The average molecular weight is 529 g/mol. The van der Waals surface area contributed by atoms with E-state index in [0.29, 0.717) is 30.0 Å². The second kappa shape index (κ2) is 10.1. The Bertz CT molecular complexity index is 1500. The number of carbonyl (C=O) groups excluding carboxylic acids is 1. The first-order chi connectivity index (χ1) is 18.6. The van der Waals surface area contributed by atoms with Gasteiger partial charge in [-0.25, -0.2) is 4.39 Å². The Balaban J connectivity index is 1.29. The van der Waals surface area contributed by atoms with E-state index in [2.05, 4.69) is 15.0 Å². The van der Waals surface area contributed by atoms with Crippen molar-refractivity contribution in [1.82, 2.24) is 15.0 Å². The van der Waals surface area contributed by atoms with Crippen LogP contribution in [0.5, 0.6) is 0 Å². The minimum atomic E-state index is -1.55. The molecule has 3 aromatic carbocycles. The lowest BCUT2D eigenvalue weighted by Crippen LogP contribution is -2.59. The van der Waals surface area contributed by atoms with E-state index in [9.17, 15) is 19.1 Å². The highest BCUT2D eigenvalue weighted by Crippen LogP contribution is 2.41. The lowest BCUT2D eigenvalue weighted by atomic mass is 9.70. The van der Waals surface area contributed by atoms with Gasteiger partial charge in [-0.3, -0.25) is 14.5 Å². The van der Waals surface area contributed by atoms with E-state index in [1.54, 1.807) is 12.1 Å². The topological polar surface area (TPSA) is 123 Å². The monoisotopic (exact) mass is 528 g/mol. The number of hydrogen-bond acceptors (Lipinski definition) is 6. The standard InChI is InChI=1S/C30H29FN4O4/c1-29(2)18-30(27(32)36,28(37)38)14-15-35(29)17-19-8-10-21(11-9-19)25-33-26(39-34-25)22-12-13-23(24(31)16-22)20-6-4-3-5-7-20/h3-13,16H,14-15,17-18H2,1-2H3,(H2,32,36)(H,37,38). The Morgan fingerprint density at radius 1 is 1.03 bits per heavy atom. The van der Waals surface area contributed by atoms with Gasteiger partial charge in [0.15, 0.2) is 0 Å². The zero-order valence-electron chi connectivity index (χ0n) is 21.7. The minimum Gasteiger partial charge on any atom is -0.480 e. The Kier molecular flexibility index (Phi) is 6.78. The number of carbonyl (C=O) groups is 2. The quantitative estimate of drug-likeness (QED) is 0.319. The van der Waals surface area contributed by atoms with Crippen LogP contribution in [0, 0.1) is 11.2 Å². The highest BCUT2D eigenvalue weighted by Gasteiger charge is 2.53. The maximum atomic E-state index is 14.8. The van der Waals surface area contributed by atoms with Crippen molar-refractivity contribution < 1.29 is 23.6 Å². The van der Waals surface area contributed by atoms with E-state index in [1.807, 2.05) is 68.4 Å². The number of hydrogen-bond donors (Lipinski definition) is 2. The van der Waals surface area contributed by atoms with Gasteiger partial charge in [0.05, 0.1) is 0 Å². The fourth-order valence-corrected chi connectivity index (χ4v) is 5.30. The summed E-state index contributed by atoms with van der Waals surface area (Å²) in [6.45, 7) is 4.86. The number of nitrogens with two attached hydrogens (primary N) is 1. The second-order valence-electron chi connectivity index (χ2n) is 10.6. The molecule has 2 heterocycles. The van der Waals surface area contributed by atoms with Gasteiger partial charge in [-0.15, -0.1) is 0 Å². The lowest BCUT2D eigenvalue weighted by Gasteiger charge is -2.48. The van der Waals surface area contributed by atoms with Gasteiger partial charge in [0.1, 0.15) is 11.2 Å².